The van der Waals surface area contributed by atoms with Gasteiger partial charge in [0.25, 0.3) is 5.91 Å². The molecule has 1 saturated heterocycles. The smallest absolute Gasteiger partial charge is 0.270 e. The third-order valence-corrected chi connectivity index (χ3v) is 6.97. The van der Waals surface area contributed by atoms with Crippen LogP contribution in [0.1, 0.15) is 18.1 Å². The van der Waals surface area contributed by atoms with E-state index in [1.54, 1.807) is 4.90 Å². The number of nitrogens with zero attached hydrogens (tertiary/aromatic N) is 1. The van der Waals surface area contributed by atoms with Crippen molar-refractivity contribution in [2.45, 2.75) is 13.5 Å². The second-order valence-electron chi connectivity index (χ2n) is 7.91. The first-order chi connectivity index (χ1) is 17.1. The molecule has 5 rings (SSSR count). The Balaban J connectivity index is 1.37. The molecule has 174 valence electrons. The Morgan fingerprint density at radius 1 is 0.886 bits per heavy atom. The van der Waals surface area contributed by atoms with Gasteiger partial charge in [-0.2, -0.15) is 0 Å². The molecule has 4 aromatic rings. The number of anilines is 1. The summed E-state index contributed by atoms with van der Waals surface area (Å²) in [5, 5.41) is 2.35. The van der Waals surface area contributed by atoms with Crippen LogP contribution in [0.2, 0.25) is 0 Å². The maximum Gasteiger partial charge on any atom is 0.270 e. The molecule has 1 aliphatic rings. The van der Waals surface area contributed by atoms with Gasteiger partial charge in [-0.3, -0.25) is 9.69 Å². The molecule has 4 nitrogen and oxygen atoms in total. The van der Waals surface area contributed by atoms with Crippen LogP contribution < -0.4 is 14.4 Å². The molecule has 0 atom stereocenters. The van der Waals surface area contributed by atoms with Crippen molar-refractivity contribution in [3.8, 4) is 11.5 Å². The van der Waals surface area contributed by atoms with E-state index in [-0.39, 0.29) is 5.91 Å². The molecule has 35 heavy (non-hydrogen) atoms. The van der Waals surface area contributed by atoms with E-state index in [4.69, 9.17) is 21.7 Å². The Hall–Kier alpha value is -3.61. The number of rotatable bonds is 7. The van der Waals surface area contributed by atoms with Gasteiger partial charge >= 0.3 is 0 Å². The zero-order valence-corrected chi connectivity index (χ0v) is 20.8. The van der Waals surface area contributed by atoms with Gasteiger partial charge in [0, 0.05) is 5.56 Å². The average Bonchev–Trinajstić information content (AvgIpc) is 3.16. The fourth-order valence-electron chi connectivity index (χ4n) is 3.99. The van der Waals surface area contributed by atoms with Crippen LogP contribution in [-0.2, 0) is 11.4 Å². The minimum atomic E-state index is -0.145. The molecule has 1 amide bonds. The van der Waals surface area contributed by atoms with Crippen LogP contribution in [-0.4, -0.2) is 16.8 Å². The Morgan fingerprint density at radius 3 is 2.46 bits per heavy atom. The number of benzene rings is 4. The van der Waals surface area contributed by atoms with Crippen LogP contribution in [0.3, 0.4) is 0 Å². The van der Waals surface area contributed by atoms with Gasteiger partial charge in [0.2, 0.25) is 0 Å². The van der Waals surface area contributed by atoms with Crippen molar-refractivity contribution < 1.29 is 14.3 Å². The first-order valence-corrected chi connectivity index (χ1v) is 12.6. The van der Waals surface area contributed by atoms with Crippen molar-refractivity contribution in [1.29, 1.82) is 0 Å². The lowest BCUT2D eigenvalue weighted by atomic mass is 10.1. The van der Waals surface area contributed by atoms with Crippen LogP contribution in [0.25, 0.3) is 16.8 Å². The fourth-order valence-corrected chi connectivity index (χ4v) is 5.28. The van der Waals surface area contributed by atoms with Gasteiger partial charge in [-0.1, -0.05) is 84.6 Å². The van der Waals surface area contributed by atoms with Crippen LogP contribution in [0.5, 0.6) is 11.5 Å². The minimum Gasteiger partial charge on any atom is -0.494 e. The Bertz CT molecular complexity index is 1420. The van der Waals surface area contributed by atoms with E-state index in [1.807, 2.05) is 79.7 Å². The molecule has 6 heteroatoms. The van der Waals surface area contributed by atoms with Gasteiger partial charge < -0.3 is 9.47 Å². The molecule has 1 heterocycles. The zero-order valence-electron chi connectivity index (χ0n) is 19.1. The molecule has 0 N–H and O–H groups in total. The number of thioether (sulfide) groups is 1. The van der Waals surface area contributed by atoms with Gasteiger partial charge in [0.1, 0.15) is 18.1 Å². The van der Waals surface area contributed by atoms with Gasteiger partial charge in [0.15, 0.2) is 4.32 Å². The molecule has 4 aromatic carbocycles. The van der Waals surface area contributed by atoms with Gasteiger partial charge in [-0.05, 0) is 59.7 Å². The van der Waals surface area contributed by atoms with E-state index in [2.05, 4.69) is 24.3 Å². The summed E-state index contributed by atoms with van der Waals surface area (Å²) in [5.41, 5.74) is 2.67. The topological polar surface area (TPSA) is 38.8 Å². The van der Waals surface area contributed by atoms with Crippen molar-refractivity contribution >= 4 is 56.7 Å². The number of para-hydroxylation sites is 1. The van der Waals surface area contributed by atoms with E-state index in [0.29, 0.717) is 28.2 Å². The third kappa shape index (κ3) is 4.94. The fraction of sp³-hybridized carbons (Fsp3) is 0.103. The van der Waals surface area contributed by atoms with Crippen molar-refractivity contribution in [3.63, 3.8) is 0 Å². The van der Waals surface area contributed by atoms with Crippen LogP contribution in [0.4, 0.5) is 5.69 Å². The summed E-state index contributed by atoms with van der Waals surface area (Å²) in [7, 11) is 0. The van der Waals surface area contributed by atoms with Crippen LogP contribution in [0.15, 0.2) is 95.9 Å². The standard InChI is InChI=1S/C29H23NO3S2/c1-2-32-24-16-14-23(15-17-24)30-28(31)27(35-29(30)34)18-21-9-4-6-13-26(21)33-19-22-11-7-10-20-8-3-5-12-25(20)22/h3-18H,2,19H2,1H3/b27-18-. The van der Waals surface area contributed by atoms with Crippen molar-refractivity contribution in [3.05, 3.63) is 107 Å². The second-order valence-corrected chi connectivity index (χ2v) is 9.58. The van der Waals surface area contributed by atoms with E-state index < -0.39 is 0 Å². The lowest BCUT2D eigenvalue weighted by Gasteiger charge is -2.15. The molecule has 0 aromatic heterocycles. The highest BCUT2D eigenvalue weighted by Gasteiger charge is 2.33. The Labute approximate surface area is 214 Å². The summed E-state index contributed by atoms with van der Waals surface area (Å²) in [6.07, 6.45) is 1.85. The normalized spacial score (nSPS) is 14.7. The highest BCUT2D eigenvalue weighted by atomic mass is 32.2. The van der Waals surface area contributed by atoms with Crippen LogP contribution in [0, 0.1) is 0 Å². The molecular weight excluding hydrogens is 474 g/mol. The summed E-state index contributed by atoms with van der Waals surface area (Å²) in [5.74, 6) is 1.33. The van der Waals surface area contributed by atoms with Gasteiger partial charge in [-0.15, -0.1) is 0 Å². The van der Waals surface area contributed by atoms with Gasteiger partial charge in [0.05, 0.1) is 17.2 Å². The molecule has 1 aliphatic heterocycles. The monoisotopic (exact) mass is 497 g/mol. The van der Waals surface area contributed by atoms with Crippen molar-refractivity contribution in [2.24, 2.45) is 0 Å². The predicted molar refractivity (Wildman–Crippen MR) is 148 cm³/mol. The number of thiocarbonyl (C=S) groups is 1. The molecule has 1 fully saturated rings. The lowest BCUT2D eigenvalue weighted by molar-refractivity contribution is -0.113. The van der Waals surface area contributed by atoms with Crippen molar-refractivity contribution in [2.75, 3.05) is 11.5 Å². The van der Waals surface area contributed by atoms with Crippen LogP contribution >= 0.6 is 24.0 Å². The zero-order chi connectivity index (χ0) is 24.2. The molecule has 0 saturated carbocycles. The highest BCUT2D eigenvalue weighted by molar-refractivity contribution is 8.27. The number of carbonyl (C=O) groups excluding carboxylic acids is 1. The summed E-state index contributed by atoms with van der Waals surface area (Å²) >= 11 is 6.83. The first kappa shape index (κ1) is 23.1. The Kier molecular flexibility index (Phi) is 6.84. The number of ether oxygens (including phenoxy) is 2. The number of fused-ring (bicyclic) bond motifs is 1. The van der Waals surface area contributed by atoms with Gasteiger partial charge in [-0.25, -0.2) is 0 Å². The highest BCUT2D eigenvalue weighted by Crippen LogP contribution is 2.37. The third-order valence-electron chi connectivity index (χ3n) is 5.67. The quantitative estimate of drug-likeness (QED) is 0.199. The average molecular weight is 498 g/mol. The second kappa shape index (κ2) is 10.3. The largest absolute Gasteiger partial charge is 0.494 e. The lowest BCUT2D eigenvalue weighted by Crippen LogP contribution is -2.27. The minimum absolute atomic E-state index is 0.145. The van der Waals surface area contributed by atoms with Crippen molar-refractivity contribution in [1.82, 2.24) is 0 Å². The molecular formula is C29H23NO3S2. The van der Waals surface area contributed by atoms with E-state index in [9.17, 15) is 4.79 Å². The summed E-state index contributed by atoms with van der Waals surface area (Å²) in [6.45, 7) is 2.95. The number of hydrogen-bond acceptors (Lipinski definition) is 5. The SMILES string of the molecule is CCOc1ccc(N2C(=O)/C(=C/c3ccccc3OCc3cccc4ccccc34)SC2=S)cc1. The van der Waals surface area contributed by atoms with E-state index in [0.717, 1.165) is 22.6 Å². The number of amides is 1. The maximum absolute atomic E-state index is 13.2. The van der Waals surface area contributed by atoms with E-state index >= 15 is 0 Å². The number of carbonyl (C=O) groups is 1. The first-order valence-electron chi connectivity index (χ1n) is 11.3. The predicted octanol–water partition coefficient (Wildman–Crippen LogP) is 7.22. The maximum atomic E-state index is 13.2. The molecule has 0 spiro atoms. The Morgan fingerprint density at radius 2 is 1.63 bits per heavy atom. The molecule has 0 bridgehead atoms. The molecule has 0 unspecified atom stereocenters. The molecule has 0 radical (unpaired) electrons. The number of hydrogen-bond donors (Lipinski definition) is 0. The molecule has 0 aliphatic carbocycles. The summed E-state index contributed by atoms with van der Waals surface area (Å²) < 4.78 is 12.2. The summed E-state index contributed by atoms with van der Waals surface area (Å²) in [4.78, 5) is 15.4. The summed E-state index contributed by atoms with van der Waals surface area (Å²) in [6, 6.07) is 29.6. The van der Waals surface area contributed by atoms with E-state index in [1.165, 1.54) is 22.5 Å².